The third-order valence-electron chi connectivity index (χ3n) is 25.4. The number of hydrogen-bond donors (Lipinski definition) is 0. The molecule has 130 heavy (non-hydrogen) atoms. The van der Waals surface area contributed by atoms with Crippen LogP contribution in [0.1, 0.15) is 105 Å². The molecule has 0 radical (unpaired) electrons. The van der Waals surface area contributed by atoms with E-state index in [4.69, 9.17) is 26.0 Å². The van der Waals surface area contributed by atoms with E-state index in [9.17, 15) is 33.2 Å². The summed E-state index contributed by atoms with van der Waals surface area (Å²) in [5, 5.41) is 25.6. The number of aromatic nitrogens is 12. The summed E-state index contributed by atoms with van der Waals surface area (Å²) in [4.78, 5) is 111. The fraction of sp³-hybridized carbons (Fsp3) is 0.347. The van der Waals surface area contributed by atoms with E-state index in [2.05, 4.69) is 89.9 Å². The molecule has 32 heteroatoms. The highest BCUT2D eigenvalue weighted by Gasteiger charge is 2.32. The number of methoxy groups -OCH3 is 1. The number of nitrogens with zero attached hydrogens (tertiary/aromatic N) is 22. The third-order valence-corrected chi connectivity index (χ3v) is 25.4. The lowest BCUT2D eigenvalue weighted by Gasteiger charge is -2.36. The molecule has 4 fully saturated rings. The van der Waals surface area contributed by atoms with E-state index in [1.165, 1.54) is 53.6 Å². The third kappa shape index (κ3) is 22.4. The summed E-state index contributed by atoms with van der Waals surface area (Å²) in [6, 6.07) is 52.4. The van der Waals surface area contributed by atoms with Crippen molar-refractivity contribution in [3.63, 3.8) is 0 Å². The normalized spacial score (nSPS) is 16.1. The molecule has 0 bridgehead atoms. The first-order chi connectivity index (χ1) is 63.5. The molecule has 12 aromatic rings. The van der Waals surface area contributed by atoms with E-state index in [1.54, 1.807) is 57.2 Å². The van der Waals surface area contributed by atoms with Crippen LogP contribution in [-0.2, 0) is 93.2 Å². The van der Waals surface area contributed by atoms with Crippen molar-refractivity contribution in [1.82, 2.24) is 98.3 Å². The molecule has 8 aromatic carbocycles. The Labute approximate surface area is 753 Å². The number of hydrogen-bond acceptors (Lipinski definition) is 22. The zero-order chi connectivity index (χ0) is 89.8. The van der Waals surface area contributed by atoms with E-state index in [1.807, 2.05) is 153 Å². The Balaban J connectivity index is 0.000000127. The fourth-order valence-electron chi connectivity index (χ4n) is 17.7. The van der Waals surface area contributed by atoms with Crippen LogP contribution in [0.15, 0.2) is 208 Å². The number of esters is 2. The van der Waals surface area contributed by atoms with Crippen LogP contribution < -0.4 is 4.74 Å². The average molecular weight is 1750 g/mol. The molecular weight excluding hydrogens is 1650 g/mol. The predicted molar refractivity (Wildman–Crippen MR) is 481 cm³/mol. The van der Waals surface area contributed by atoms with Gasteiger partial charge in [-0.1, -0.05) is 84.4 Å². The lowest BCUT2D eigenvalue weighted by molar-refractivity contribution is -0.133. The first kappa shape index (κ1) is 89.1. The monoisotopic (exact) mass is 1750 g/mol. The van der Waals surface area contributed by atoms with Gasteiger partial charge in [0.25, 0.3) is 0 Å². The number of amides is 4. The van der Waals surface area contributed by atoms with Crippen LogP contribution in [0.25, 0.3) is 27.6 Å². The van der Waals surface area contributed by atoms with Gasteiger partial charge in [0.15, 0.2) is 5.69 Å². The van der Waals surface area contributed by atoms with Crippen molar-refractivity contribution in [2.45, 2.75) is 83.8 Å². The molecule has 4 amide bonds. The van der Waals surface area contributed by atoms with Crippen molar-refractivity contribution in [3.05, 3.63) is 309 Å². The van der Waals surface area contributed by atoms with Crippen molar-refractivity contribution in [3.8, 4) is 34.6 Å². The van der Waals surface area contributed by atoms with Gasteiger partial charge in [-0.05, 0) is 174 Å². The van der Waals surface area contributed by atoms with Crippen molar-refractivity contribution in [2.24, 2.45) is 0 Å². The Bertz CT molecular complexity index is 5980. The lowest BCUT2D eigenvalue weighted by Crippen LogP contribution is -2.49. The number of rotatable bonds is 24. The highest BCUT2D eigenvalue weighted by molar-refractivity contribution is 5.94. The lowest BCUT2D eigenvalue weighted by atomic mass is 9.96. The quantitative estimate of drug-likeness (QED) is 0.0401. The van der Waals surface area contributed by atoms with E-state index >= 15 is 0 Å². The van der Waals surface area contributed by atoms with Gasteiger partial charge in [-0.25, -0.2) is 57.5 Å². The predicted octanol–water partition coefficient (Wildman–Crippen LogP) is 9.49. The Morgan fingerprint density at radius 3 is 1.32 bits per heavy atom. The Morgan fingerprint density at radius 1 is 0.477 bits per heavy atom. The Morgan fingerprint density at radius 2 is 0.900 bits per heavy atom. The van der Waals surface area contributed by atoms with E-state index in [0.29, 0.717) is 74.4 Å². The maximum absolute atomic E-state index is 14.2. The summed E-state index contributed by atoms with van der Waals surface area (Å²) in [6.45, 7) is 26.3. The van der Waals surface area contributed by atoms with Gasteiger partial charge in [0.05, 0.1) is 79.3 Å². The Kier molecular flexibility index (Phi) is 29.2. The molecule has 7 aliphatic rings. The minimum absolute atomic E-state index is 0.0684. The number of ether oxygens (including phenoxy) is 3. The zero-order valence-corrected chi connectivity index (χ0v) is 73.0. The highest BCUT2D eigenvalue weighted by atomic mass is 19.1. The molecule has 31 nitrogen and oxygen atoms in total. The summed E-state index contributed by atoms with van der Waals surface area (Å²) >= 11 is 0. The van der Waals surface area contributed by atoms with Gasteiger partial charge in [-0.2, -0.15) is 25.7 Å². The number of nitriles is 1. The second kappa shape index (κ2) is 42.5. The molecule has 1 aliphatic carbocycles. The van der Waals surface area contributed by atoms with Crippen molar-refractivity contribution < 1.29 is 47.4 Å². The second-order valence-corrected chi connectivity index (χ2v) is 33.3. The van der Waals surface area contributed by atoms with Crippen LogP contribution in [0, 0.1) is 30.6 Å². The van der Waals surface area contributed by atoms with Crippen LogP contribution >= 0.6 is 0 Å². The van der Waals surface area contributed by atoms with Gasteiger partial charge in [-0.15, -0.1) is 0 Å². The van der Waals surface area contributed by atoms with Crippen LogP contribution in [0.4, 0.5) is 10.1 Å². The fourth-order valence-corrected chi connectivity index (χ4v) is 17.7. The molecule has 6 aliphatic heterocycles. The number of piperazine rings is 4. The molecule has 4 aromatic heterocycles. The molecule has 0 saturated carbocycles. The first-order valence-electron chi connectivity index (χ1n) is 44.1. The number of benzene rings is 8. The van der Waals surface area contributed by atoms with Gasteiger partial charge in [0.1, 0.15) is 81.0 Å². The molecule has 0 spiro atoms. The van der Waals surface area contributed by atoms with Gasteiger partial charge < -0.3 is 33.8 Å². The largest absolute Gasteiger partial charge is 0.496 e. The van der Waals surface area contributed by atoms with E-state index < -0.39 is 11.8 Å². The van der Waals surface area contributed by atoms with Gasteiger partial charge in [0.2, 0.25) is 23.6 Å². The summed E-state index contributed by atoms with van der Waals surface area (Å²) < 4.78 is 36.5. The SMILES string of the molecule is COc1ccc(C#N)cc1CCN1CCN(C(=O)Cc2ccc(-n3cncn3)cc2)CC1.Cc1c(CCN2CCN(C(=O)Cc3ccc(-n4cncn4)cc3)CC2)ccc2c1COC2=O.O=C1OCc2cc(CCN3CCN(C(=O)Cc4ccc(-n5cncn5)cc4)CC3)cc(F)c21.[C-]#[N+]c1cccc2c1CCC2CN1CCN(C(=O)Cc2ccc(-n3cncn3)cc2)CC1. The molecule has 1 atom stereocenters. The summed E-state index contributed by atoms with van der Waals surface area (Å²) in [5.41, 5.74) is 18.5. The van der Waals surface area contributed by atoms with E-state index in [0.717, 1.165) is 217 Å². The van der Waals surface area contributed by atoms with E-state index in [-0.39, 0.29) is 41.8 Å². The molecule has 19 rings (SSSR count). The second-order valence-electron chi connectivity index (χ2n) is 33.3. The summed E-state index contributed by atoms with van der Waals surface area (Å²) in [6.07, 6.45) is 18.7. The molecule has 10 heterocycles. The number of carbonyl (C=O) groups is 6. The standard InChI is InChI=1S/C25H26N6O.C25H27N5O3.C24H24FN5O3.C24H26N6O2/c1-26-24-4-2-3-22-20(7-10-23(22)24)16-29-11-13-30(14-12-29)25(32)15-19-5-8-21(9-6-19)31-18-27-17-28-31;1-18-20(4-7-22-23(18)15-33-25(22)32)8-9-28-10-12-29(13-11-28)24(31)14-19-2-5-21(6-3-19)30-17-26-16-27-30;25-21-12-18(11-19-14-33-24(32)23(19)21)5-6-28-7-9-29(10-8-28)22(31)13-17-1-3-20(4-2-17)30-16-26-15-27-30;1-32-23-7-4-20(16-25)14-21(23)8-9-28-10-12-29(13-11-28)24(31)15-19-2-5-22(6-3-19)30-18-26-17-27-30/h2-6,8-9,17-18,20H,7,10-16H2;2-7,16-17H,8-15H2,1H3;1-4,11-12,15-16H,5-10,13-14H2;2-7,14,17-18H,8-13,15H2,1H3. The van der Waals surface area contributed by atoms with Crippen LogP contribution in [-0.4, -0.2) is 272 Å². The smallest absolute Gasteiger partial charge is 0.341 e. The van der Waals surface area contributed by atoms with Gasteiger partial charge >= 0.3 is 11.9 Å². The van der Waals surface area contributed by atoms with Crippen molar-refractivity contribution in [2.75, 3.05) is 138 Å². The first-order valence-corrected chi connectivity index (χ1v) is 44.1. The minimum atomic E-state index is -0.582. The number of halogens is 1. The summed E-state index contributed by atoms with van der Waals surface area (Å²) in [5.74, 6) is 0.635. The topological polar surface area (TPSA) is 307 Å². The van der Waals surface area contributed by atoms with Crippen LogP contribution in [0.2, 0.25) is 0 Å². The highest BCUT2D eigenvalue weighted by Crippen LogP contribution is 2.39. The molecule has 666 valence electrons. The molecular formula is C98H103FN22O9. The molecule has 4 saturated heterocycles. The maximum atomic E-state index is 14.2. The zero-order valence-electron chi connectivity index (χ0n) is 73.0. The van der Waals surface area contributed by atoms with Gasteiger partial charge in [-0.3, -0.25) is 38.8 Å². The maximum Gasteiger partial charge on any atom is 0.341 e. The van der Waals surface area contributed by atoms with Crippen molar-refractivity contribution >= 4 is 41.3 Å². The molecule has 0 N–H and O–H groups in total. The summed E-state index contributed by atoms with van der Waals surface area (Å²) in [7, 11) is 1.65. The van der Waals surface area contributed by atoms with Crippen molar-refractivity contribution in [1.29, 1.82) is 5.26 Å². The number of carbonyl (C=O) groups excluding carboxylic acids is 6. The number of fused-ring (bicyclic) bond motifs is 3. The van der Waals surface area contributed by atoms with Crippen LogP contribution in [0.5, 0.6) is 5.75 Å². The average Bonchev–Trinajstić information content (AvgIpc) is 1.69. The van der Waals surface area contributed by atoms with Gasteiger partial charge in [0, 0.05) is 142 Å². The van der Waals surface area contributed by atoms with Crippen LogP contribution in [0.3, 0.4) is 0 Å². The Hall–Kier alpha value is -14.3. The number of cyclic esters (lactones) is 2. The molecule has 1 unspecified atom stereocenters. The minimum Gasteiger partial charge on any atom is -0.496 e.